The third kappa shape index (κ3) is 4.25. The predicted molar refractivity (Wildman–Crippen MR) is 78.4 cm³/mol. The molecule has 0 unspecified atom stereocenters. The van der Waals surface area contributed by atoms with E-state index >= 15 is 0 Å². The summed E-state index contributed by atoms with van der Waals surface area (Å²) in [7, 11) is 1.78. The van der Waals surface area contributed by atoms with E-state index in [0.717, 1.165) is 32.5 Å². The quantitative estimate of drug-likeness (QED) is 0.831. The van der Waals surface area contributed by atoms with Crippen LogP contribution in [0.3, 0.4) is 0 Å². The normalized spacial score (nSPS) is 17.6. The lowest BCUT2D eigenvalue weighted by atomic mass is 10.1. The van der Waals surface area contributed by atoms with Crippen LogP contribution in [0.1, 0.15) is 12.8 Å². The number of hydrogen-bond acceptors (Lipinski definition) is 3. The summed E-state index contributed by atoms with van der Waals surface area (Å²) >= 11 is 12.1. The Bertz CT molecular complexity index is 386. The average molecular weight is 304 g/mol. The van der Waals surface area contributed by atoms with Gasteiger partial charge in [0.2, 0.25) is 0 Å². The molecule has 0 amide bonds. The van der Waals surface area contributed by atoms with E-state index in [-0.39, 0.29) is 0 Å². The zero-order valence-corrected chi connectivity index (χ0v) is 12.6. The Morgan fingerprint density at radius 3 is 2.42 bits per heavy atom. The highest BCUT2D eigenvalue weighted by Crippen LogP contribution is 2.32. The van der Waals surface area contributed by atoms with Crippen LogP contribution >= 0.6 is 23.2 Å². The monoisotopic (exact) mass is 303 g/mol. The summed E-state index contributed by atoms with van der Waals surface area (Å²) in [6.07, 6.45) is 2.59. The van der Waals surface area contributed by atoms with Crippen LogP contribution in [0.5, 0.6) is 5.75 Å². The molecule has 0 aromatic heterocycles. The van der Waals surface area contributed by atoms with Crippen LogP contribution in [0.25, 0.3) is 0 Å². The van der Waals surface area contributed by atoms with E-state index in [0.29, 0.717) is 28.5 Å². The van der Waals surface area contributed by atoms with Crippen LogP contribution < -0.4 is 4.74 Å². The molecule has 0 saturated carbocycles. The highest BCUT2D eigenvalue weighted by molar-refractivity contribution is 6.37. The fourth-order valence-corrected chi connectivity index (χ4v) is 2.77. The highest BCUT2D eigenvalue weighted by atomic mass is 35.5. The topological polar surface area (TPSA) is 21.7 Å². The predicted octanol–water partition coefficient (Wildman–Crippen LogP) is 3.48. The van der Waals surface area contributed by atoms with Crippen LogP contribution in [0, 0.1) is 0 Å². The Hall–Kier alpha value is -0.480. The summed E-state index contributed by atoms with van der Waals surface area (Å²) in [5.41, 5.74) is 0. The zero-order chi connectivity index (χ0) is 13.7. The number of para-hydroxylation sites is 1. The molecule has 0 aliphatic carbocycles. The summed E-state index contributed by atoms with van der Waals surface area (Å²) in [5, 5.41) is 1.12. The molecule has 0 bridgehead atoms. The molecule has 1 fully saturated rings. The Labute approximate surface area is 124 Å². The maximum absolute atomic E-state index is 6.05. The summed E-state index contributed by atoms with van der Waals surface area (Å²) in [5.74, 6) is 0.581. The van der Waals surface area contributed by atoms with Crippen molar-refractivity contribution in [1.29, 1.82) is 0 Å². The number of methoxy groups -OCH3 is 1. The van der Waals surface area contributed by atoms with Gasteiger partial charge in [0, 0.05) is 26.7 Å². The van der Waals surface area contributed by atoms with Gasteiger partial charge in [0.25, 0.3) is 0 Å². The van der Waals surface area contributed by atoms with E-state index < -0.39 is 0 Å². The highest BCUT2D eigenvalue weighted by Gasteiger charge is 2.18. The molecule has 1 heterocycles. The van der Waals surface area contributed by atoms with Crippen LogP contribution in [0.4, 0.5) is 0 Å². The van der Waals surface area contributed by atoms with Crippen molar-refractivity contribution in [3.05, 3.63) is 28.2 Å². The third-order valence-electron chi connectivity index (χ3n) is 3.44. The molecule has 0 spiro atoms. The lowest BCUT2D eigenvalue weighted by Gasteiger charge is -2.31. The minimum absolute atomic E-state index is 0.412. The molecule has 1 aliphatic rings. The molecular formula is C14H19Cl2NO2. The number of rotatable bonds is 5. The summed E-state index contributed by atoms with van der Waals surface area (Å²) in [6, 6.07) is 5.38. The molecule has 19 heavy (non-hydrogen) atoms. The first-order chi connectivity index (χ1) is 9.20. The Morgan fingerprint density at radius 2 is 1.84 bits per heavy atom. The van der Waals surface area contributed by atoms with E-state index in [1.807, 2.05) is 6.07 Å². The standard InChI is InChI=1S/C14H19Cl2NO2/c1-18-11-5-7-17(8-6-11)9-10-19-14-12(15)3-2-4-13(14)16/h2-4,11H,5-10H2,1H3. The second-order valence-electron chi connectivity index (χ2n) is 4.68. The molecule has 3 nitrogen and oxygen atoms in total. The Balaban J connectivity index is 1.75. The van der Waals surface area contributed by atoms with Gasteiger partial charge in [0.05, 0.1) is 16.1 Å². The first-order valence-electron chi connectivity index (χ1n) is 6.52. The molecule has 2 rings (SSSR count). The van der Waals surface area contributed by atoms with Gasteiger partial charge in [0.15, 0.2) is 5.75 Å². The number of likely N-dealkylation sites (tertiary alicyclic amines) is 1. The number of halogens is 2. The lowest BCUT2D eigenvalue weighted by Crippen LogP contribution is -2.38. The van der Waals surface area contributed by atoms with Crippen molar-refractivity contribution in [2.75, 3.05) is 33.4 Å². The van der Waals surface area contributed by atoms with Gasteiger partial charge in [-0.1, -0.05) is 29.3 Å². The van der Waals surface area contributed by atoms with Gasteiger partial charge in [-0.2, -0.15) is 0 Å². The minimum Gasteiger partial charge on any atom is -0.489 e. The molecule has 106 valence electrons. The van der Waals surface area contributed by atoms with Crippen LogP contribution in [-0.2, 0) is 4.74 Å². The van der Waals surface area contributed by atoms with Gasteiger partial charge in [-0.3, -0.25) is 4.90 Å². The molecule has 0 radical (unpaired) electrons. The van der Waals surface area contributed by atoms with Crippen LogP contribution in [0.15, 0.2) is 18.2 Å². The van der Waals surface area contributed by atoms with Crippen molar-refractivity contribution >= 4 is 23.2 Å². The third-order valence-corrected chi connectivity index (χ3v) is 4.04. The summed E-state index contributed by atoms with van der Waals surface area (Å²) < 4.78 is 11.0. The van der Waals surface area contributed by atoms with Gasteiger partial charge in [-0.05, 0) is 25.0 Å². The average Bonchev–Trinajstić information content (AvgIpc) is 2.43. The number of benzene rings is 1. The van der Waals surface area contributed by atoms with Gasteiger partial charge in [-0.25, -0.2) is 0 Å². The molecule has 5 heteroatoms. The fraction of sp³-hybridized carbons (Fsp3) is 0.571. The Kier molecular flexibility index (Phi) is 5.76. The van der Waals surface area contributed by atoms with E-state index in [4.69, 9.17) is 32.7 Å². The maximum atomic E-state index is 6.05. The largest absolute Gasteiger partial charge is 0.489 e. The molecular weight excluding hydrogens is 285 g/mol. The number of ether oxygens (including phenoxy) is 2. The van der Waals surface area contributed by atoms with E-state index in [2.05, 4.69) is 4.90 Å². The van der Waals surface area contributed by atoms with Gasteiger partial charge in [0.1, 0.15) is 6.61 Å². The number of hydrogen-bond donors (Lipinski definition) is 0. The summed E-state index contributed by atoms with van der Waals surface area (Å²) in [4.78, 5) is 2.38. The van der Waals surface area contributed by atoms with Gasteiger partial charge >= 0.3 is 0 Å². The van der Waals surface area contributed by atoms with E-state index in [1.54, 1.807) is 19.2 Å². The zero-order valence-electron chi connectivity index (χ0n) is 11.1. The van der Waals surface area contributed by atoms with Crippen molar-refractivity contribution in [2.45, 2.75) is 18.9 Å². The second-order valence-corrected chi connectivity index (χ2v) is 5.49. The molecule has 0 atom stereocenters. The number of piperidine rings is 1. The van der Waals surface area contributed by atoms with Crippen molar-refractivity contribution in [3.8, 4) is 5.75 Å². The van der Waals surface area contributed by atoms with Crippen molar-refractivity contribution in [1.82, 2.24) is 4.90 Å². The molecule has 1 aromatic carbocycles. The van der Waals surface area contributed by atoms with Crippen LogP contribution in [-0.4, -0.2) is 44.4 Å². The smallest absolute Gasteiger partial charge is 0.156 e. The molecule has 1 aliphatic heterocycles. The fourth-order valence-electron chi connectivity index (χ4n) is 2.27. The molecule has 0 N–H and O–H groups in total. The lowest BCUT2D eigenvalue weighted by molar-refractivity contribution is 0.0375. The first kappa shape index (κ1) is 14.9. The van der Waals surface area contributed by atoms with Crippen LogP contribution in [0.2, 0.25) is 10.0 Å². The van der Waals surface area contributed by atoms with Crippen molar-refractivity contribution < 1.29 is 9.47 Å². The molecule has 1 aromatic rings. The minimum atomic E-state index is 0.412. The van der Waals surface area contributed by atoms with Crippen molar-refractivity contribution in [2.24, 2.45) is 0 Å². The first-order valence-corrected chi connectivity index (χ1v) is 7.28. The van der Waals surface area contributed by atoms with Crippen molar-refractivity contribution in [3.63, 3.8) is 0 Å². The SMILES string of the molecule is COC1CCN(CCOc2c(Cl)cccc2Cl)CC1. The molecule has 1 saturated heterocycles. The van der Waals surface area contributed by atoms with E-state index in [9.17, 15) is 0 Å². The number of nitrogens with zero attached hydrogens (tertiary/aromatic N) is 1. The van der Waals surface area contributed by atoms with Gasteiger partial charge in [-0.15, -0.1) is 0 Å². The Morgan fingerprint density at radius 1 is 1.21 bits per heavy atom. The van der Waals surface area contributed by atoms with Gasteiger partial charge < -0.3 is 9.47 Å². The van der Waals surface area contributed by atoms with E-state index in [1.165, 1.54) is 0 Å². The summed E-state index contributed by atoms with van der Waals surface area (Å²) in [6.45, 7) is 3.59. The maximum Gasteiger partial charge on any atom is 0.156 e. The second kappa shape index (κ2) is 7.34.